The van der Waals surface area contributed by atoms with E-state index in [1.165, 1.54) is 32.2 Å². The third-order valence-corrected chi connectivity index (χ3v) is 5.59. The van der Waals surface area contributed by atoms with Gasteiger partial charge in [-0.25, -0.2) is 0 Å². The van der Waals surface area contributed by atoms with E-state index in [0.717, 1.165) is 30.2 Å². The van der Waals surface area contributed by atoms with Crippen LogP contribution in [0.25, 0.3) is 0 Å². The molecule has 0 amide bonds. The lowest BCUT2D eigenvalue weighted by Crippen LogP contribution is -2.35. The first-order valence-corrected chi connectivity index (χ1v) is 8.86. The number of hydrogen-bond donors (Lipinski definition) is 1. The van der Waals surface area contributed by atoms with Crippen molar-refractivity contribution in [3.05, 3.63) is 22.4 Å². The summed E-state index contributed by atoms with van der Waals surface area (Å²) in [5.74, 6) is 3.57. The van der Waals surface area contributed by atoms with Crippen molar-refractivity contribution in [3.8, 4) is 0 Å². The Balaban J connectivity index is 1.97. The van der Waals surface area contributed by atoms with Gasteiger partial charge in [-0.2, -0.15) is 11.3 Å². The quantitative estimate of drug-likeness (QED) is 0.803. The summed E-state index contributed by atoms with van der Waals surface area (Å²) in [6.07, 6.45) is 5.59. The fourth-order valence-electron chi connectivity index (χ4n) is 3.53. The van der Waals surface area contributed by atoms with Crippen LogP contribution in [0.15, 0.2) is 16.8 Å². The van der Waals surface area contributed by atoms with E-state index in [2.05, 4.69) is 42.9 Å². The summed E-state index contributed by atoms with van der Waals surface area (Å²) in [5, 5.41) is 8.13. The average molecular weight is 279 g/mol. The van der Waals surface area contributed by atoms with Gasteiger partial charge in [-0.05, 0) is 84.8 Å². The third kappa shape index (κ3) is 4.32. The van der Waals surface area contributed by atoms with Crippen molar-refractivity contribution in [1.29, 1.82) is 0 Å². The van der Waals surface area contributed by atoms with Crippen molar-refractivity contribution in [1.82, 2.24) is 5.32 Å². The zero-order chi connectivity index (χ0) is 13.7. The van der Waals surface area contributed by atoms with E-state index in [0.29, 0.717) is 0 Å². The Kier molecular flexibility index (Phi) is 5.90. The number of nitrogens with one attached hydrogen (secondary N) is 1. The predicted molar refractivity (Wildman–Crippen MR) is 85.7 cm³/mol. The van der Waals surface area contributed by atoms with Crippen LogP contribution < -0.4 is 5.32 Å². The Hall–Kier alpha value is -0.340. The molecule has 0 saturated heterocycles. The first-order chi connectivity index (χ1) is 9.20. The van der Waals surface area contributed by atoms with Gasteiger partial charge in [-0.1, -0.05) is 20.8 Å². The Labute approximate surface area is 122 Å². The van der Waals surface area contributed by atoms with E-state index in [1.807, 2.05) is 11.3 Å². The summed E-state index contributed by atoms with van der Waals surface area (Å²) >= 11 is 1.84. The normalized spacial score (nSPS) is 27.9. The lowest BCUT2D eigenvalue weighted by molar-refractivity contribution is 0.145. The molecule has 0 spiro atoms. The topological polar surface area (TPSA) is 12.0 Å². The van der Waals surface area contributed by atoms with E-state index in [-0.39, 0.29) is 0 Å². The van der Waals surface area contributed by atoms with Crippen LogP contribution in [0.5, 0.6) is 0 Å². The monoisotopic (exact) mass is 279 g/mol. The van der Waals surface area contributed by atoms with Gasteiger partial charge in [0, 0.05) is 0 Å². The molecule has 2 rings (SSSR count). The van der Waals surface area contributed by atoms with Crippen molar-refractivity contribution in [3.63, 3.8) is 0 Å². The van der Waals surface area contributed by atoms with Gasteiger partial charge in [0.15, 0.2) is 0 Å². The Morgan fingerprint density at radius 1 is 1.32 bits per heavy atom. The van der Waals surface area contributed by atoms with E-state index in [1.54, 1.807) is 5.56 Å². The number of thiophene rings is 1. The third-order valence-electron chi connectivity index (χ3n) is 4.86. The van der Waals surface area contributed by atoms with Crippen LogP contribution in [0.1, 0.15) is 45.6 Å². The molecule has 19 heavy (non-hydrogen) atoms. The van der Waals surface area contributed by atoms with Crippen LogP contribution in [0.2, 0.25) is 0 Å². The van der Waals surface area contributed by atoms with Gasteiger partial charge >= 0.3 is 0 Å². The van der Waals surface area contributed by atoms with Gasteiger partial charge in [-0.15, -0.1) is 0 Å². The SMILES string of the molecule is CCNCC1CCC(C(C)C)CC1Cc1ccsc1. The summed E-state index contributed by atoms with van der Waals surface area (Å²) in [5.41, 5.74) is 1.56. The molecule has 1 heterocycles. The first-order valence-electron chi connectivity index (χ1n) is 7.92. The lowest BCUT2D eigenvalue weighted by atomic mass is 9.69. The Morgan fingerprint density at radius 3 is 2.79 bits per heavy atom. The molecule has 1 aliphatic rings. The average Bonchev–Trinajstić information content (AvgIpc) is 2.90. The molecule has 1 aliphatic carbocycles. The van der Waals surface area contributed by atoms with Crippen LogP contribution in [-0.4, -0.2) is 13.1 Å². The van der Waals surface area contributed by atoms with Gasteiger partial charge in [0.1, 0.15) is 0 Å². The predicted octanol–water partition coefficient (Wildman–Crippen LogP) is 4.59. The molecule has 1 N–H and O–H groups in total. The van der Waals surface area contributed by atoms with Gasteiger partial charge < -0.3 is 5.32 Å². The van der Waals surface area contributed by atoms with Crippen molar-refractivity contribution >= 4 is 11.3 Å². The highest BCUT2D eigenvalue weighted by atomic mass is 32.1. The minimum Gasteiger partial charge on any atom is -0.317 e. The van der Waals surface area contributed by atoms with Gasteiger partial charge in [0.2, 0.25) is 0 Å². The summed E-state index contributed by atoms with van der Waals surface area (Å²) in [7, 11) is 0. The fourth-order valence-corrected chi connectivity index (χ4v) is 4.21. The van der Waals surface area contributed by atoms with Crippen LogP contribution in [-0.2, 0) is 6.42 Å². The highest BCUT2D eigenvalue weighted by Crippen LogP contribution is 2.39. The molecule has 0 aliphatic heterocycles. The molecule has 1 saturated carbocycles. The highest BCUT2D eigenvalue weighted by Gasteiger charge is 2.31. The van der Waals surface area contributed by atoms with Gasteiger partial charge in [-0.3, -0.25) is 0 Å². The molecule has 3 unspecified atom stereocenters. The van der Waals surface area contributed by atoms with Gasteiger partial charge in [0.05, 0.1) is 0 Å². The lowest BCUT2D eigenvalue weighted by Gasteiger charge is -2.38. The summed E-state index contributed by atoms with van der Waals surface area (Å²) in [4.78, 5) is 0. The molecule has 3 atom stereocenters. The molecule has 0 aromatic carbocycles. The van der Waals surface area contributed by atoms with E-state index in [9.17, 15) is 0 Å². The van der Waals surface area contributed by atoms with E-state index < -0.39 is 0 Å². The molecule has 2 heteroatoms. The maximum absolute atomic E-state index is 3.57. The Morgan fingerprint density at radius 2 is 2.16 bits per heavy atom. The molecular formula is C17H29NS. The van der Waals surface area contributed by atoms with Crippen molar-refractivity contribution in [2.75, 3.05) is 13.1 Å². The van der Waals surface area contributed by atoms with Crippen LogP contribution >= 0.6 is 11.3 Å². The second-order valence-corrected chi connectivity index (χ2v) is 7.26. The summed E-state index contributed by atoms with van der Waals surface area (Å²) in [6.45, 7) is 9.34. The van der Waals surface area contributed by atoms with Gasteiger partial charge in [0.25, 0.3) is 0 Å². The second kappa shape index (κ2) is 7.44. The summed E-state index contributed by atoms with van der Waals surface area (Å²) in [6, 6.07) is 2.31. The molecule has 1 nitrogen and oxygen atoms in total. The molecule has 1 aromatic heterocycles. The highest BCUT2D eigenvalue weighted by molar-refractivity contribution is 7.07. The molecule has 1 fully saturated rings. The molecule has 0 radical (unpaired) electrons. The smallest absolute Gasteiger partial charge is 0.00179 e. The minimum atomic E-state index is 0.852. The van der Waals surface area contributed by atoms with Crippen molar-refractivity contribution in [2.45, 2.75) is 46.5 Å². The molecule has 1 aromatic rings. The van der Waals surface area contributed by atoms with Crippen LogP contribution in [0.3, 0.4) is 0 Å². The zero-order valence-corrected chi connectivity index (χ0v) is 13.5. The molecular weight excluding hydrogens is 250 g/mol. The van der Waals surface area contributed by atoms with Crippen LogP contribution in [0, 0.1) is 23.7 Å². The van der Waals surface area contributed by atoms with E-state index in [4.69, 9.17) is 0 Å². The molecule has 108 valence electrons. The first kappa shape index (κ1) is 15.1. The number of hydrogen-bond acceptors (Lipinski definition) is 2. The van der Waals surface area contributed by atoms with Crippen LogP contribution in [0.4, 0.5) is 0 Å². The van der Waals surface area contributed by atoms with Crippen molar-refractivity contribution in [2.24, 2.45) is 23.7 Å². The zero-order valence-electron chi connectivity index (χ0n) is 12.7. The Bertz CT molecular complexity index is 344. The maximum Gasteiger partial charge on any atom is -0.00179 e. The fraction of sp³-hybridized carbons (Fsp3) is 0.765. The van der Waals surface area contributed by atoms with Crippen molar-refractivity contribution < 1.29 is 0 Å². The van der Waals surface area contributed by atoms with E-state index >= 15 is 0 Å². The maximum atomic E-state index is 3.57. The standard InChI is InChI=1S/C17H29NS/c1-4-18-11-16-6-5-15(13(2)3)10-17(16)9-14-7-8-19-12-14/h7-8,12-13,15-18H,4-6,9-11H2,1-3H3. The number of rotatable bonds is 6. The molecule has 0 bridgehead atoms. The second-order valence-electron chi connectivity index (χ2n) is 6.48. The minimum absolute atomic E-state index is 0.852. The largest absolute Gasteiger partial charge is 0.317 e. The summed E-state index contributed by atoms with van der Waals surface area (Å²) < 4.78 is 0.